The van der Waals surface area contributed by atoms with Crippen LogP contribution in [0.3, 0.4) is 0 Å². The van der Waals surface area contributed by atoms with E-state index in [-0.39, 0.29) is 0 Å². The van der Waals surface area contributed by atoms with Crippen LogP contribution in [0, 0.1) is 0 Å². The first kappa shape index (κ1) is 37.2. The van der Waals surface area contributed by atoms with Crippen molar-refractivity contribution in [3.63, 3.8) is 0 Å². The molecular formula is C58H41N3S. The molecule has 0 radical (unpaired) electrons. The molecule has 11 rings (SSSR count). The number of fused-ring (bicyclic) bond motifs is 2. The van der Waals surface area contributed by atoms with E-state index in [1.165, 1.54) is 41.8 Å². The van der Waals surface area contributed by atoms with Gasteiger partial charge in [0.05, 0.1) is 22.8 Å². The van der Waals surface area contributed by atoms with Crippen LogP contribution in [-0.2, 0) is 0 Å². The van der Waals surface area contributed by atoms with Crippen LogP contribution in [0.5, 0.6) is 0 Å². The Bertz CT molecular complexity index is 2970. The summed E-state index contributed by atoms with van der Waals surface area (Å²) in [4.78, 5) is 18.0. The van der Waals surface area contributed by atoms with Crippen molar-refractivity contribution in [2.24, 2.45) is 0 Å². The quantitative estimate of drug-likeness (QED) is 0.153. The smallest absolute Gasteiger partial charge is 0.160 e. The molecule has 0 spiro atoms. The van der Waals surface area contributed by atoms with Crippen molar-refractivity contribution < 1.29 is 0 Å². The Balaban J connectivity index is 1.19. The van der Waals surface area contributed by atoms with Crippen molar-refractivity contribution >= 4 is 27.1 Å². The molecule has 2 heterocycles. The average Bonchev–Trinajstić information content (AvgIpc) is 3.37. The monoisotopic (exact) mass is 811 g/mol. The summed E-state index contributed by atoms with van der Waals surface area (Å²) in [7, 11) is -2.07. The van der Waals surface area contributed by atoms with E-state index >= 15 is 0 Å². The summed E-state index contributed by atoms with van der Waals surface area (Å²) in [5.41, 5.74) is 12.9. The summed E-state index contributed by atoms with van der Waals surface area (Å²) in [6.45, 7) is 0. The Labute approximate surface area is 364 Å². The second kappa shape index (κ2) is 16.0. The lowest BCUT2D eigenvalue weighted by Gasteiger charge is -2.50. The fourth-order valence-corrected chi connectivity index (χ4v) is 13.0. The van der Waals surface area contributed by atoms with Gasteiger partial charge < -0.3 is 4.90 Å². The van der Waals surface area contributed by atoms with Gasteiger partial charge in [0, 0.05) is 42.0 Å². The van der Waals surface area contributed by atoms with Gasteiger partial charge in [-0.25, -0.2) is 9.97 Å². The Morgan fingerprint density at radius 2 is 0.694 bits per heavy atom. The highest BCUT2D eigenvalue weighted by atomic mass is 32.3. The van der Waals surface area contributed by atoms with Gasteiger partial charge in [-0.3, -0.25) is 0 Å². The predicted molar refractivity (Wildman–Crippen MR) is 257 cm³/mol. The third kappa shape index (κ3) is 6.58. The molecule has 0 amide bonds. The Morgan fingerprint density at radius 3 is 1.18 bits per heavy atom. The lowest BCUT2D eigenvalue weighted by Crippen LogP contribution is -2.22. The van der Waals surface area contributed by atoms with Crippen LogP contribution in [0.15, 0.2) is 268 Å². The molecule has 4 heteroatoms. The lowest BCUT2D eigenvalue weighted by molar-refractivity contribution is 1.12. The molecular weight excluding hydrogens is 771 g/mol. The maximum atomic E-state index is 5.24. The van der Waals surface area contributed by atoms with Gasteiger partial charge in [0.25, 0.3) is 0 Å². The van der Waals surface area contributed by atoms with Crippen LogP contribution >= 0.6 is 10.0 Å². The van der Waals surface area contributed by atoms with Crippen LogP contribution in [0.2, 0.25) is 0 Å². The topological polar surface area (TPSA) is 29.0 Å². The molecule has 0 fully saturated rings. The molecule has 0 unspecified atom stereocenters. The summed E-state index contributed by atoms with van der Waals surface area (Å²) >= 11 is 0. The van der Waals surface area contributed by atoms with Crippen LogP contribution in [0.4, 0.5) is 17.1 Å². The zero-order valence-electron chi connectivity index (χ0n) is 33.9. The van der Waals surface area contributed by atoms with E-state index in [4.69, 9.17) is 9.97 Å². The molecule has 1 aliphatic heterocycles. The highest BCUT2D eigenvalue weighted by Gasteiger charge is 2.43. The van der Waals surface area contributed by atoms with E-state index in [1.807, 2.05) is 24.3 Å². The van der Waals surface area contributed by atoms with Crippen molar-refractivity contribution in [2.45, 2.75) is 19.6 Å². The summed E-state index contributed by atoms with van der Waals surface area (Å²) in [5, 5.41) is 0. The van der Waals surface area contributed by atoms with Crippen LogP contribution in [0.1, 0.15) is 0 Å². The highest BCUT2D eigenvalue weighted by molar-refractivity contribution is 8.34. The first-order valence-electron chi connectivity index (χ1n) is 21.0. The van der Waals surface area contributed by atoms with Gasteiger partial charge in [0.15, 0.2) is 5.82 Å². The number of anilines is 3. The van der Waals surface area contributed by atoms with Gasteiger partial charge in [0.1, 0.15) is 0 Å². The van der Waals surface area contributed by atoms with Crippen LogP contribution < -0.4 is 4.90 Å². The van der Waals surface area contributed by atoms with Crippen molar-refractivity contribution in [1.82, 2.24) is 9.97 Å². The van der Waals surface area contributed by atoms with E-state index in [0.717, 1.165) is 45.1 Å². The SMILES string of the molecule is c1ccc(-c2ccc3c(c2)S(c2ccccc2)(c2ccccc2)c2cc(-c4ccccc4)ccc2N3c2cccc(-c3cc(-c4ccccc4)nc(-c4ccccc4)n3)c2)cc1. The molecule has 0 bridgehead atoms. The lowest BCUT2D eigenvalue weighted by atomic mass is 10.0. The maximum Gasteiger partial charge on any atom is 0.160 e. The minimum Gasteiger partial charge on any atom is -0.308 e. The van der Waals surface area contributed by atoms with Crippen LogP contribution in [0.25, 0.3) is 56.2 Å². The highest BCUT2D eigenvalue weighted by Crippen LogP contribution is 2.80. The molecule has 0 aliphatic carbocycles. The molecule has 62 heavy (non-hydrogen) atoms. The Morgan fingerprint density at radius 1 is 0.290 bits per heavy atom. The second-order valence-corrected chi connectivity index (χ2v) is 18.5. The van der Waals surface area contributed by atoms with Crippen LogP contribution in [-0.4, -0.2) is 9.97 Å². The summed E-state index contributed by atoms with van der Waals surface area (Å²) in [6, 6.07) is 89.7. The molecule has 3 nitrogen and oxygen atoms in total. The van der Waals surface area contributed by atoms with Gasteiger partial charge in [-0.05, 0) is 89.0 Å². The molecule has 1 aliphatic rings. The molecule has 294 valence electrons. The largest absolute Gasteiger partial charge is 0.308 e. The minimum atomic E-state index is -2.07. The van der Waals surface area contributed by atoms with Gasteiger partial charge in [0.2, 0.25) is 0 Å². The van der Waals surface area contributed by atoms with Crippen molar-refractivity contribution in [3.8, 4) is 56.2 Å². The number of hydrogen-bond acceptors (Lipinski definition) is 3. The van der Waals surface area contributed by atoms with E-state index < -0.39 is 10.0 Å². The predicted octanol–water partition coefficient (Wildman–Crippen LogP) is 15.9. The number of hydrogen-bond donors (Lipinski definition) is 0. The van der Waals surface area contributed by atoms with Gasteiger partial charge >= 0.3 is 0 Å². The van der Waals surface area contributed by atoms with E-state index in [1.54, 1.807) is 0 Å². The second-order valence-electron chi connectivity index (χ2n) is 15.4. The van der Waals surface area contributed by atoms with E-state index in [0.29, 0.717) is 5.82 Å². The fourth-order valence-electron chi connectivity index (χ4n) is 8.80. The van der Waals surface area contributed by atoms with Crippen molar-refractivity contribution in [2.75, 3.05) is 4.90 Å². The summed E-state index contributed by atoms with van der Waals surface area (Å²) in [5.74, 6) is 0.696. The number of aromatic nitrogens is 2. The fraction of sp³-hybridized carbons (Fsp3) is 0. The number of nitrogens with zero attached hydrogens (tertiary/aromatic N) is 3. The molecule has 1 aromatic heterocycles. The first-order valence-corrected chi connectivity index (χ1v) is 22.6. The first-order chi connectivity index (χ1) is 30.7. The van der Waals surface area contributed by atoms with Gasteiger partial charge in [-0.1, -0.05) is 182 Å². The standard InChI is InChI=1S/C58H41N3S/c1-7-20-42(21-8-1)46-34-36-54-56(39-46)62(50-30-15-5-16-31-50,51-32-17-6-18-33-51)57-40-47(43-22-9-2-10-23-43)35-37-55(57)61(54)49-29-19-28-48(38-49)53-41-52(44-24-11-3-12-25-44)59-58(60-53)45-26-13-4-14-27-45/h1-41H. The summed E-state index contributed by atoms with van der Waals surface area (Å²) < 4.78 is 0. The Hall–Kier alpha value is -7.79. The van der Waals surface area contributed by atoms with Gasteiger partial charge in [-0.15, -0.1) is 10.0 Å². The average molecular weight is 812 g/mol. The normalized spacial score (nSPS) is 13.1. The summed E-state index contributed by atoms with van der Waals surface area (Å²) in [6.07, 6.45) is 0. The van der Waals surface area contributed by atoms with E-state index in [2.05, 4.69) is 229 Å². The van der Waals surface area contributed by atoms with Crippen molar-refractivity contribution in [1.29, 1.82) is 0 Å². The van der Waals surface area contributed by atoms with E-state index in [9.17, 15) is 0 Å². The minimum absolute atomic E-state index is 0.696. The third-order valence-electron chi connectivity index (χ3n) is 11.7. The Kier molecular flexibility index (Phi) is 9.61. The van der Waals surface area contributed by atoms with Crippen molar-refractivity contribution in [3.05, 3.63) is 249 Å². The van der Waals surface area contributed by atoms with Gasteiger partial charge in [-0.2, -0.15) is 0 Å². The molecule has 10 aromatic rings. The zero-order chi connectivity index (χ0) is 41.3. The zero-order valence-corrected chi connectivity index (χ0v) is 34.7. The molecule has 9 aromatic carbocycles. The third-order valence-corrected chi connectivity index (χ3v) is 15.6. The molecule has 0 N–H and O–H groups in total. The molecule has 0 saturated heterocycles. The number of rotatable bonds is 8. The molecule has 0 saturated carbocycles. The number of benzene rings is 9. The maximum absolute atomic E-state index is 5.24. The molecule has 0 atom stereocenters.